The summed E-state index contributed by atoms with van der Waals surface area (Å²) in [7, 11) is 0. The van der Waals surface area contributed by atoms with Gasteiger partial charge in [0, 0.05) is 20.0 Å². The molecule has 3 heteroatoms. The quantitative estimate of drug-likeness (QED) is 0.544. The average molecular weight is 256 g/mol. The normalized spacial score (nSPS) is 10.6. The van der Waals surface area contributed by atoms with Crippen molar-refractivity contribution in [2.24, 2.45) is 0 Å². The van der Waals surface area contributed by atoms with Crippen LogP contribution in [0.2, 0.25) is 0 Å². The van der Waals surface area contributed by atoms with Crippen LogP contribution in [-0.2, 0) is 4.79 Å². The molecule has 0 atom stereocenters. The topological polar surface area (TPSA) is 32.3 Å². The zero-order valence-electron chi connectivity index (χ0n) is 12.6. The maximum atomic E-state index is 11.4. The zero-order chi connectivity index (χ0) is 13.6. The van der Waals surface area contributed by atoms with Crippen molar-refractivity contribution in [1.82, 2.24) is 10.2 Å². The van der Waals surface area contributed by atoms with Crippen LogP contribution in [-0.4, -0.2) is 37.0 Å². The van der Waals surface area contributed by atoms with E-state index in [-0.39, 0.29) is 5.91 Å². The van der Waals surface area contributed by atoms with Crippen LogP contribution in [0.15, 0.2) is 0 Å². The molecule has 0 aromatic carbocycles. The number of hydrogen-bond acceptors (Lipinski definition) is 2. The van der Waals surface area contributed by atoms with Crippen LogP contribution in [0.4, 0.5) is 0 Å². The number of carbonyl (C=O) groups excluding carboxylic acids is 1. The van der Waals surface area contributed by atoms with E-state index in [2.05, 4.69) is 19.2 Å². The molecule has 18 heavy (non-hydrogen) atoms. The molecule has 0 aliphatic carbocycles. The molecule has 3 nitrogen and oxygen atoms in total. The highest BCUT2D eigenvalue weighted by molar-refractivity contribution is 5.73. The van der Waals surface area contributed by atoms with Crippen molar-refractivity contribution in [2.75, 3.05) is 26.2 Å². The summed E-state index contributed by atoms with van der Waals surface area (Å²) in [6.07, 6.45) is 8.40. The first-order valence-electron chi connectivity index (χ1n) is 7.68. The number of hydrogen-bond donors (Lipinski definition) is 1. The molecule has 1 N–H and O–H groups in total. The van der Waals surface area contributed by atoms with Crippen LogP contribution in [0.1, 0.15) is 65.7 Å². The summed E-state index contributed by atoms with van der Waals surface area (Å²) in [5.41, 5.74) is 0. The molecule has 0 rings (SSSR count). The van der Waals surface area contributed by atoms with Gasteiger partial charge in [-0.1, -0.05) is 33.1 Å². The number of nitrogens with zero attached hydrogens (tertiary/aromatic N) is 1. The highest BCUT2D eigenvalue weighted by atomic mass is 16.2. The Balaban J connectivity index is 3.40. The summed E-state index contributed by atoms with van der Waals surface area (Å²) in [4.78, 5) is 13.4. The molecule has 0 heterocycles. The molecule has 0 aromatic heterocycles. The summed E-state index contributed by atoms with van der Waals surface area (Å²) < 4.78 is 0. The average Bonchev–Trinajstić information content (AvgIpc) is 2.35. The predicted molar refractivity (Wildman–Crippen MR) is 78.8 cm³/mol. The largest absolute Gasteiger partial charge is 0.343 e. The van der Waals surface area contributed by atoms with Crippen molar-refractivity contribution >= 4 is 5.91 Å². The second-order valence-electron chi connectivity index (χ2n) is 5.02. The molecule has 0 bridgehead atoms. The fourth-order valence-corrected chi connectivity index (χ4v) is 1.93. The predicted octanol–water partition coefficient (Wildman–Crippen LogP) is 3.20. The number of unbranched alkanes of at least 4 members (excludes halogenated alkanes) is 4. The van der Waals surface area contributed by atoms with Crippen molar-refractivity contribution < 1.29 is 4.79 Å². The van der Waals surface area contributed by atoms with Crippen LogP contribution >= 0.6 is 0 Å². The standard InChI is InChI=1S/C15H32N2O/c1-4-6-11-16-12-9-8-10-14-17(15(3)18)13-7-5-2/h16H,4-14H2,1-3H3. The third-order valence-electron chi connectivity index (χ3n) is 3.22. The molecule has 0 aromatic rings. The first kappa shape index (κ1) is 17.4. The molecule has 0 saturated heterocycles. The van der Waals surface area contributed by atoms with Gasteiger partial charge in [-0.3, -0.25) is 4.79 Å². The van der Waals surface area contributed by atoms with E-state index in [0.717, 1.165) is 45.4 Å². The molecule has 0 aliphatic rings. The zero-order valence-corrected chi connectivity index (χ0v) is 12.6. The molecule has 108 valence electrons. The van der Waals surface area contributed by atoms with Crippen LogP contribution in [0.3, 0.4) is 0 Å². The van der Waals surface area contributed by atoms with E-state index < -0.39 is 0 Å². The SMILES string of the molecule is CCCCNCCCCCN(CCCC)C(C)=O. The lowest BCUT2D eigenvalue weighted by atomic mass is 10.2. The number of amides is 1. The number of carbonyl (C=O) groups is 1. The molecule has 0 saturated carbocycles. The van der Waals surface area contributed by atoms with Gasteiger partial charge in [-0.05, 0) is 38.8 Å². The first-order chi connectivity index (χ1) is 8.72. The smallest absolute Gasteiger partial charge is 0.219 e. The molecule has 0 unspecified atom stereocenters. The third kappa shape index (κ3) is 10.6. The maximum Gasteiger partial charge on any atom is 0.219 e. The van der Waals surface area contributed by atoms with Gasteiger partial charge in [0.1, 0.15) is 0 Å². The number of rotatable bonds is 12. The van der Waals surface area contributed by atoms with E-state index >= 15 is 0 Å². The van der Waals surface area contributed by atoms with Crippen molar-refractivity contribution in [3.63, 3.8) is 0 Å². The fraction of sp³-hybridized carbons (Fsp3) is 0.933. The second-order valence-corrected chi connectivity index (χ2v) is 5.02. The first-order valence-corrected chi connectivity index (χ1v) is 7.68. The molecule has 0 aliphatic heterocycles. The van der Waals surface area contributed by atoms with Crippen LogP contribution in [0, 0.1) is 0 Å². The summed E-state index contributed by atoms with van der Waals surface area (Å²) in [5.74, 6) is 0.226. The Labute approximate surface area is 113 Å². The van der Waals surface area contributed by atoms with Gasteiger partial charge in [0.2, 0.25) is 5.91 Å². The van der Waals surface area contributed by atoms with Crippen LogP contribution in [0.5, 0.6) is 0 Å². The Bertz CT molecular complexity index is 195. The Morgan fingerprint density at radius 2 is 1.50 bits per heavy atom. The second kappa shape index (κ2) is 12.9. The molecule has 0 spiro atoms. The van der Waals surface area contributed by atoms with Gasteiger partial charge in [-0.2, -0.15) is 0 Å². The van der Waals surface area contributed by atoms with E-state index in [9.17, 15) is 4.79 Å². The number of nitrogens with one attached hydrogen (secondary N) is 1. The Hall–Kier alpha value is -0.570. The van der Waals surface area contributed by atoms with Gasteiger partial charge >= 0.3 is 0 Å². The van der Waals surface area contributed by atoms with Crippen LogP contribution in [0.25, 0.3) is 0 Å². The van der Waals surface area contributed by atoms with Gasteiger partial charge in [0.25, 0.3) is 0 Å². The van der Waals surface area contributed by atoms with Gasteiger partial charge in [0.05, 0.1) is 0 Å². The van der Waals surface area contributed by atoms with E-state index in [4.69, 9.17) is 0 Å². The van der Waals surface area contributed by atoms with Gasteiger partial charge in [0.15, 0.2) is 0 Å². The van der Waals surface area contributed by atoms with Gasteiger partial charge < -0.3 is 10.2 Å². The van der Waals surface area contributed by atoms with E-state index in [1.807, 2.05) is 4.90 Å². The molecule has 0 fully saturated rings. The summed E-state index contributed by atoms with van der Waals surface area (Å²) in [5, 5.41) is 3.45. The lowest BCUT2D eigenvalue weighted by Gasteiger charge is -2.20. The Morgan fingerprint density at radius 3 is 2.11 bits per heavy atom. The Morgan fingerprint density at radius 1 is 0.889 bits per heavy atom. The lowest BCUT2D eigenvalue weighted by molar-refractivity contribution is -0.129. The molecule has 1 amide bonds. The van der Waals surface area contributed by atoms with Crippen molar-refractivity contribution in [3.05, 3.63) is 0 Å². The summed E-state index contributed by atoms with van der Waals surface area (Å²) in [6, 6.07) is 0. The third-order valence-corrected chi connectivity index (χ3v) is 3.22. The summed E-state index contributed by atoms with van der Waals surface area (Å²) in [6.45, 7) is 10.2. The van der Waals surface area contributed by atoms with Crippen molar-refractivity contribution in [2.45, 2.75) is 65.7 Å². The minimum Gasteiger partial charge on any atom is -0.343 e. The van der Waals surface area contributed by atoms with Crippen molar-refractivity contribution in [3.8, 4) is 0 Å². The lowest BCUT2D eigenvalue weighted by Crippen LogP contribution is -2.30. The highest BCUT2D eigenvalue weighted by Crippen LogP contribution is 2.01. The van der Waals surface area contributed by atoms with E-state index in [1.165, 1.54) is 25.7 Å². The maximum absolute atomic E-state index is 11.4. The van der Waals surface area contributed by atoms with Gasteiger partial charge in [-0.15, -0.1) is 0 Å². The molecular formula is C15H32N2O. The highest BCUT2D eigenvalue weighted by Gasteiger charge is 2.06. The monoisotopic (exact) mass is 256 g/mol. The molecule has 0 radical (unpaired) electrons. The van der Waals surface area contributed by atoms with E-state index in [1.54, 1.807) is 6.92 Å². The molecular weight excluding hydrogens is 224 g/mol. The van der Waals surface area contributed by atoms with E-state index in [0.29, 0.717) is 0 Å². The Kier molecular flexibility index (Phi) is 12.5. The minimum absolute atomic E-state index is 0.226. The van der Waals surface area contributed by atoms with Gasteiger partial charge in [-0.25, -0.2) is 0 Å². The van der Waals surface area contributed by atoms with Crippen molar-refractivity contribution in [1.29, 1.82) is 0 Å². The van der Waals surface area contributed by atoms with Crippen LogP contribution < -0.4 is 5.32 Å². The fourth-order valence-electron chi connectivity index (χ4n) is 1.93. The summed E-state index contributed by atoms with van der Waals surface area (Å²) >= 11 is 0. The minimum atomic E-state index is 0.226.